The van der Waals surface area contributed by atoms with Crippen LogP contribution in [0.15, 0.2) is 24.4 Å². The molecule has 0 fully saturated rings. The molecule has 1 unspecified atom stereocenters. The number of anilines is 1. The molecule has 1 aromatic heterocycles. The zero-order chi connectivity index (χ0) is 16.4. The number of rotatable bonds is 5. The van der Waals surface area contributed by atoms with E-state index in [1.165, 1.54) is 0 Å². The monoisotopic (exact) mass is 322 g/mol. The van der Waals surface area contributed by atoms with Crippen molar-refractivity contribution in [3.8, 4) is 0 Å². The number of ether oxygens (including phenoxy) is 1. The van der Waals surface area contributed by atoms with Crippen molar-refractivity contribution in [3.05, 3.63) is 47.3 Å². The quantitative estimate of drug-likeness (QED) is 0.827. The second kappa shape index (κ2) is 6.33. The minimum atomic E-state index is -1.05. The van der Waals surface area contributed by atoms with Crippen LogP contribution in [0.25, 0.3) is 0 Å². The van der Waals surface area contributed by atoms with E-state index in [4.69, 9.17) is 4.74 Å². The molecule has 1 amide bonds. The molecule has 8 heteroatoms. The number of aryl methyl sites for hydroxylation is 1. The summed E-state index contributed by atoms with van der Waals surface area (Å²) in [5.41, 5.74) is 1.05. The van der Waals surface area contributed by atoms with Crippen molar-refractivity contribution in [2.24, 2.45) is 0 Å². The number of hydrogen-bond donors (Lipinski definition) is 2. The number of amides is 1. The first-order chi connectivity index (χ1) is 11.1. The second-order valence-electron chi connectivity index (χ2n) is 5.19. The zero-order valence-corrected chi connectivity index (χ0v) is 12.5. The van der Waals surface area contributed by atoms with Crippen molar-refractivity contribution in [2.75, 3.05) is 19.0 Å². The standard InChI is InChI=1S/C15H16F2N4O2/c1-23-6-2-5-21-13(3-4-18-21)14-19-12-8-11(17)10(16)7-9(12)15(22)20-14/h3-4,7-8,14,19H,2,5-6H2,1H3,(H,20,22). The summed E-state index contributed by atoms with van der Waals surface area (Å²) < 4.78 is 33.4. The molecule has 0 saturated carbocycles. The second-order valence-corrected chi connectivity index (χ2v) is 5.19. The fraction of sp³-hybridized carbons (Fsp3) is 0.333. The molecule has 2 aromatic rings. The summed E-state index contributed by atoms with van der Waals surface area (Å²) in [7, 11) is 1.62. The third kappa shape index (κ3) is 3.02. The Balaban J connectivity index is 1.85. The molecule has 0 spiro atoms. The smallest absolute Gasteiger partial charge is 0.255 e. The maximum absolute atomic E-state index is 13.4. The number of benzene rings is 1. The van der Waals surface area contributed by atoms with E-state index in [1.807, 2.05) is 0 Å². The van der Waals surface area contributed by atoms with E-state index in [2.05, 4.69) is 15.7 Å². The van der Waals surface area contributed by atoms with Gasteiger partial charge in [0.25, 0.3) is 5.91 Å². The average molecular weight is 322 g/mol. The third-order valence-corrected chi connectivity index (χ3v) is 3.64. The van der Waals surface area contributed by atoms with Gasteiger partial charge in [-0.15, -0.1) is 0 Å². The van der Waals surface area contributed by atoms with Crippen molar-refractivity contribution in [1.82, 2.24) is 15.1 Å². The lowest BCUT2D eigenvalue weighted by atomic mass is 10.1. The average Bonchev–Trinajstić information content (AvgIpc) is 2.98. The van der Waals surface area contributed by atoms with Crippen LogP contribution in [0.3, 0.4) is 0 Å². The predicted molar refractivity (Wildman–Crippen MR) is 78.9 cm³/mol. The van der Waals surface area contributed by atoms with Crippen molar-refractivity contribution >= 4 is 11.6 Å². The van der Waals surface area contributed by atoms with Gasteiger partial charge in [-0.1, -0.05) is 0 Å². The number of nitrogens with zero attached hydrogens (tertiary/aromatic N) is 2. The summed E-state index contributed by atoms with van der Waals surface area (Å²) in [6.45, 7) is 1.21. The van der Waals surface area contributed by atoms with Crippen LogP contribution in [0.4, 0.5) is 14.5 Å². The van der Waals surface area contributed by atoms with Crippen LogP contribution in [0.1, 0.15) is 28.6 Å². The van der Waals surface area contributed by atoms with Gasteiger partial charge in [-0.05, 0) is 18.6 Å². The molecule has 0 saturated heterocycles. The first kappa shape index (κ1) is 15.4. The lowest BCUT2D eigenvalue weighted by molar-refractivity contribution is 0.0933. The number of nitrogens with one attached hydrogen (secondary N) is 2. The van der Waals surface area contributed by atoms with Gasteiger partial charge in [0.15, 0.2) is 11.6 Å². The first-order valence-corrected chi connectivity index (χ1v) is 7.17. The highest BCUT2D eigenvalue weighted by Gasteiger charge is 2.28. The summed E-state index contributed by atoms with van der Waals surface area (Å²) in [6, 6.07) is 3.64. The van der Waals surface area contributed by atoms with E-state index >= 15 is 0 Å². The molecule has 23 heavy (non-hydrogen) atoms. The van der Waals surface area contributed by atoms with Gasteiger partial charge in [-0.2, -0.15) is 5.10 Å². The minimum Gasteiger partial charge on any atom is -0.385 e. The van der Waals surface area contributed by atoms with Crippen LogP contribution in [0, 0.1) is 11.6 Å². The van der Waals surface area contributed by atoms with Gasteiger partial charge in [-0.25, -0.2) is 8.78 Å². The van der Waals surface area contributed by atoms with Crippen molar-refractivity contribution in [2.45, 2.75) is 19.1 Å². The number of carbonyl (C=O) groups is 1. The largest absolute Gasteiger partial charge is 0.385 e. The number of hydrogen-bond acceptors (Lipinski definition) is 4. The van der Waals surface area contributed by atoms with Gasteiger partial charge in [0.1, 0.15) is 6.17 Å². The Hall–Kier alpha value is -2.48. The maximum Gasteiger partial charge on any atom is 0.255 e. The fourth-order valence-corrected chi connectivity index (χ4v) is 2.54. The molecule has 1 aromatic carbocycles. The lowest BCUT2D eigenvalue weighted by Crippen LogP contribution is -2.39. The molecule has 2 N–H and O–H groups in total. The van der Waals surface area contributed by atoms with E-state index < -0.39 is 23.7 Å². The van der Waals surface area contributed by atoms with Crippen molar-refractivity contribution < 1.29 is 18.3 Å². The fourth-order valence-electron chi connectivity index (χ4n) is 2.54. The Bertz CT molecular complexity index is 732. The van der Waals surface area contributed by atoms with E-state index in [9.17, 15) is 13.6 Å². The number of methoxy groups -OCH3 is 1. The number of carbonyl (C=O) groups excluding carboxylic acids is 1. The SMILES string of the molecule is COCCCn1nccc1C1NC(=O)c2cc(F)c(F)cc2N1. The lowest BCUT2D eigenvalue weighted by Gasteiger charge is -2.28. The Labute approximate surface area is 131 Å². The summed E-state index contributed by atoms with van der Waals surface area (Å²) in [5.74, 6) is -2.52. The molecule has 0 bridgehead atoms. The molecular weight excluding hydrogens is 306 g/mol. The molecule has 1 aliphatic heterocycles. The van der Waals surface area contributed by atoms with Gasteiger partial charge in [0.05, 0.1) is 16.9 Å². The molecule has 122 valence electrons. The van der Waals surface area contributed by atoms with Gasteiger partial charge < -0.3 is 15.4 Å². The summed E-state index contributed by atoms with van der Waals surface area (Å²) in [6.07, 6.45) is 1.82. The van der Waals surface area contributed by atoms with Crippen molar-refractivity contribution in [3.63, 3.8) is 0 Å². The Kier molecular flexibility index (Phi) is 4.24. The van der Waals surface area contributed by atoms with Crippen LogP contribution in [-0.4, -0.2) is 29.4 Å². The molecule has 6 nitrogen and oxygen atoms in total. The predicted octanol–water partition coefficient (Wildman–Crippen LogP) is 2.05. The first-order valence-electron chi connectivity index (χ1n) is 7.17. The number of aromatic nitrogens is 2. The molecule has 0 aliphatic carbocycles. The zero-order valence-electron chi connectivity index (χ0n) is 12.5. The molecule has 0 radical (unpaired) electrons. The van der Waals surface area contributed by atoms with Crippen LogP contribution in [-0.2, 0) is 11.3 Å². The number of halogens is 2. The minimum absolute atomic E-state index is 0.0746. The van der Waals surface area contributed by atoms with Gasteiger partial charge in [0.2, 0.25) is 0 Å². The molecule has 1 atom stereocenters. The Morgan fingerprint density at radius 2 is 2.09 bits per heavy atom. The molecule has 3 rings (SSSR count). The van der Waals surface area contributed by atoms with Crippen LogP contribution >= 0.6 is 0 Å². The normalized spacial score (nSPS) is 16.7. The van der Waals surface area contributed by atoms with Crippen LogP contribution < -0.4 is 10.6 Å². The summed E-state index contributed by atoms with van der Waals surface area (Å²) >= 11 is 0. The molecular formula is C15H16F2N4O2. The third-order valence-electron chi connectivity index (χ3n) is 3.64. The molecule has 1 aliphatic rings. The summed E-state index contributed by atoms with van der Waals surface area (Å²) in [5, 5.41) is 9.93. The maximum atomic E-state index is 13.4. The summed E-state index contributed by atoms with van der Waals surface area (Å²) in [4.78, 5) is 12.1. The Morgan fingerprint density at radius 1 is 1.30 bits per heavy atom. The van der Waals surface area contributed by atoms with Crippen molar-refractivity contribution in [1.29, 1.82) is 0 Å². The number of fused-ring (bicyclic) bond motifs is 1. The van der Waals surface area contributed by atoms with E-state index in [1.54, 1.807) is 24.1 Å². The van der Waals surface area contributed by atoms with Gasteiger partial charge >= 0.3 is 0 Å². The highest BCUT2D eigenvalue weighted by atomic mass is 19.2. The van der Waals surface area contributed by atoms with E-state index in [0.717, 1.165) is 24.2 Å². The highest BCUT2D eigenvalue weighted by molar-refractivity contribution is 6.01. The highest BCUT2D eigenvalue weighted by Crippen LogP contribution is 2.28. The topological polar surface area (TPSA) is 68.2 Å². The van der Waals surface area contributed by atoms with Gasteiger partial charge in [0, 0.05) is 32.5 Å². The Morgan fingerprint density at radius 3 is 2.87 bits per heavy atom. The van der Waals surface area contributed by atoms with Gasteiger partial charge in [-0.3, -0.25) is 9.48 Å². The van der Waals surface area contributed by atoms with Crippen LogP contribution in [0.5, 0.6) is 0 Å². The van der Waals surface area contributed by atoms with E-state index in [0.29, 0.717) is 13.2 Å². The molecule has 2 heterocycles. The van der Waals surface area contributed by atoms with Crippen LogP contribution in [0.2, 0.25) is 0 Å². The van der Waals surface area contributed by atoms with E-state index in [-0.39, 0.29) is 11.3 Å².